The van der Waals surface area contributed by atoms with E-state index in [0.29, 0.717) is 47.0 Å². The maximum absolute atomic E-state index is 13.4. The summed E-state index contributed by atoms with van der Waals surface area (Å²) in [6, 6.07) is 22.8. The first-order chi connectivity index (χ1) is 16.0. The van der Waals surface area contributed by atoms with Crippen molar-refractivity contribution < 1.29 is 13.2 Å². The van der Waals surface area contributed by atoms with Gasteiger partial charge in [0.05, 0.1) is 16.2 Å². The van der Waals surface area contributed by atoms with Gasteiger partial charge >= 0.3 is 0 Å². The molecule has 0 radical (unpaired) electrons. The second-order valence-electron chi connectivity index (χ2n) is 8.02. The van der Waals surface area contributed by atoms with E-state index < -0.39 is 10.0 Å². The lowest BCUT2D eigenvalue weighted by atomic mass is 10.0. The first-order valence-electron chi connectivity index (χ1n) is 10.8. The Hall–Kier alpha value is -3.55. The molecule has 1 aromatic heterocycles. The maximum Gasteiger partial charge on any atom is 0.258 e. The van der Waals surface area contributed by atoms with Gasteiger partial charge in [0, 0.05) is 35.0 Å². The van der Waals surface area contributed by atoms with Crippen molar-refractivity contribution in [2.24, 2.45) is 0 Å². The molecular weight excluding hydrogens is 436 g/mol. The summed E-state index contributed by atoms with van der Waals surface area (Å²) in [6.07, 6.45) is 1.13. The third-order valence-electron chi connectivity index (χ3n) is 5.99. The molecule has 0 spiro atoms. The Bertz CT molecular complexity index is 1540. The Balaban J connectivity index is 1.41. The van der Waals surface area contributed by atoms with Crippen LogP contribution < -0.4 is 10.3 Å². The molecule has 0 aliphatic heterocycles. The zero-order chi connectivity index (χ0) is 23.0. The van der Waals surface area contributed by atoms with E-state index in [4.69, 9.17) is 0 Å². The van der Waals surface area contributed by atoms with Gasteiger partial charge < -0.3 is 4.57 Å². The molecule has 3 aromatic carbocycles. The number of unbranched alkanes of at least 4 members (excludes halogenated alkanes) is 1. The third kappa shape index (κ3) is 3.69. The number of sulfonamides is 1. The third-order valence-corrected chi connectivity index (χ3v) is 7.46. The van der Waals surface area contributed by atoms with E-state index in [-0.39, 0.29) is 22.8 Å². The van der Waals surface area contributed by atoms with Crippen molar-refractivity contribution in [2.45, 2.75) is 24.3 Å². The van der Waals surface area contributed by atoms with Gasteiger partial charge in [-0.05, 0) is 31.0 Å². The van der Waals surface area contributed by atoms with Crippen molar-refractivity contribution in [3.05, 3.63) is 100 Å². The second kappa shape index (κ2) is 8.42. The van der Waals surface area contributed by atoms with Crippen LogP contribution in [0.3, 0.4) is 0 Å². The van der Waals surface area contributed by atoms with E-state index in [9.17, 15) is 18.0 Å². The molecule has 5 rings (SSSR count). The summed E-state index contributed by atoms with van der Waals surface area (Å²) < 4.78 is 29.1. The Kier molecular flexibility index (Phi) is 5.44. The maximum atomic E-state index is 13.4. The number of benzene rings is 3. The van der Waals surface area contributed by atoms with Gasteiger partial charge in [0.25, 0.3) is 5.56 Å². The number of hydrogen-bond acceptors (Lipinski definition) is 4. The summed E-state index contributed by atoms with van der Waals surface area (Å²) in [7, 11) is -3.56. The predicted molar refractivity (Wildman–Crippen MR) is 128 cm³/mol. The van der Waals surface area contributed by atoms with Gasteiger partial charge in [-0.1, -0.05) is 60.7 Å². The normalized spacial score (nSPS) is 12.7. The van der Waals surface area contributed by atoms with Crippen molar-refractivity contribution in [1.29, 1.82) is 0 Å². The average Bonchev–Trinajstić information content (AvgIpc) is 3.14. The highest BCUT2D eigenvalue weighted by atomic mass is 32.2. The minimum Gasteiger partial charge on any atom is -0.307 e. The van der Waals surface area contributed by atoms with Crippen LogP contribution in [0.25, 0.3) is 22.0 Å². The summed E-state index contributed by atoms with van der Waals surface area (Å²) in [4.78, 5) is 26.8. The second-order valence-corrected chi connectivity index (χ2v) is 9.79. The van der Waals surface area contributed by atoms with Crippen LogP contribution >= 0.6 is 0 Å². The fraction of sp³-hybridized carbons (Fsp3) is 0.154. The molecule has 1 aliphatic carbocycles. The summed E-state index contributed by atoms with van der Waals surface area (Å²) in [5.41, 5.74) is 2.46. The van der Waals surface area contributed by atoms with E-state index in [1.165, 1.54) is 0 Å². The number of fused-ring (bicyclic) bond motifs is 5. The number of hydrogen-bond donors (Lipinski definition) is 1. The van der Waals surface area contributed by atoms with Gasteiger partial charge in [0.1, 0.15) is 0 Å². The highest BCUT2D eigenvalue weighted by molar-refractivity contribution is 7.89. The molecular formula is C26H22N2O4S. The molecule has 0 unspecified atom stereocenters. The molecule has 0 saturated heterocycles. The fourth-order valence-electron chi connectivity index (χ4n) is 4.43. The molecule has 4 aromatic rings. The summed E-state index contributed by atoms with van der Waals surface area (Å²) in [5, 5.41) is 1.19. The zero-order valence-corrected chi connectivity index (χ0v) is 18.6. The fourth-order valence-corrected chi connectivity index (χ4v) is 5.52. The Morgan fingerprint density at radius 3 is 2.12 bits per heavy atom. The van der Waals surface area contributed by atoms with E-state index in [0.717, 1.165) is 5.56 Å². The number of ketones is 1. The molecule has 0 fully saturated rings. The Labute approximate surface area is 191 Å². The van der Waals surface area contributed by atoms with Crippen LogP contribution in [0.2, 0.25) is 0 Å². The summed E-state index contributed by atoms with van der Waals surface area (Å²) in [6.45, 7) is 0.651. The smallest absolute Gasteiger partial charge is 0.258 e. The minimum absolute atomic E-state index is 0.0684. The van der Waals surface area contributed by atoms with E-state index in [2.05, 4.69) is 4.72 Å². The molecule has 1 N–H and O–H groups in total. The summed E-state index contributed by atoms with van der Waals surface area (Å²) >= 11 is 0. The number of rotatable bonds is 7. The number of carbonyl (C=O) groups excluding carboxylic acids is 1. The van der Waals surface area contributed by atoms with Crippen molar-refractivity contribution in [1.82, 2.24) is 9.29 Å². The van der Waals surface area contributed by atoms with Crippen LogP contribution in [0.4, 0.5) is 0 Å². The van der Waals surface area contributed by atoms with Crippen LogP contribution in [-0.4, -0.2) is 25.3 Å². The lowest BCUT2D eigenvalue weighted by molar-refractivity contribution is 0.104. The van der Waals surface area contributed by atoms with Gasteiger partial charge in [-0.25, -0.2) is 13.1 Å². The molecule has 0 atom stereocenters. The van der Waals surface area contributed by atoms with Crippen LogP contribution in [0.5, 0.6) is 0 Å². The van der Waals surface area contributed by atoms with E-state index >= 15 is 0 Å². The van der Waals surface area contributed by atoms with Gasteiger partial charge in [-0.2, -0.15) is 0 Å². The number of aromatic nitrogens is 1. The van der Waals surface area contributed by atoms with Crippen molar-refractivity contribution in [3.8, 4) is 11.3 Å². The lowest BCUT2D eigenvalue weighted by Gasteiger charge is -2.15. The number of nitrogens with zero attached hydrogens (tertiary/aromatic N) is 1. The monoisotopic (exact) mass is 458 g/mol. The van der Waals surface area contributed by atoms with Crippen molar-refractivity contribution in [3.63, 3.8) is 0 Å². The first kappa shape index (κ1) is 21.3. The standard InChI is InChI=1S/C26H22N2O4S/c29-25-21-14-6-5-13-20(21)24-23(25)19-12-4-7-15-22(19)26(30)28(24)17-9-8-16-27-33(31,32)18-10-2-1-3-11-18/h1-7,10-15,27H,8-9,16-17H2. The molecule has 0 saturated carbocycles. The molecule has 0 amide bonds. The molecule has 166 valence electrons. The average molecular weight is 459 g/mol. The zero-order valence-electron chi connectivity index (χ0n) is 17.8. The number of nitrogens with one attached hydrogen (secondary N) is 1. The van der Waals surface area contributed by atoms with E-state index in [1.807, 2.05) is 30.3 Å². The number of pyridine rings is 1. The predicted octanol–water partition coefficient (Wildman–Crippen LogP) is 3.97. The number of carbonyl (C=O) groups is 1. The van der Waals surface area contributed by atoms with Crippen LogP contribution in [-0.2, 0) is 16.6 Å². The molecule has 33 heavy (non-hydrogen) atoms. The van der Waals surface area contributed by atoms with Crippen LogP contribution in [0.1, 0.15) is 28.8 Å². The minimum atomic E-state index is -3.56. The topological polar surface area (TPSA) is 85.2 Å². The van der Waals surface area contributed by atoms with E-state index in [1.54, 1.807) is 53.1 Å². The lowest BCUT2D eigenvalue weighted by Crippen LogP contribution is -2.26. The van der Waals surface area contributed by atoms with Crippen molar-refractivity contribution in [2.75, 3.05) is 6.54 Å². The van der Waals surface area contributed by atoms with Gasteiger partial charge in [-0.3, -0.25) is 9.59 Å². The van der Waals surface area contributed by atoms with Crippen LogP contribution in [0, 0.1) is 0 Å². The summed E-state index contributed by atoms with van der Waals surface area (Å²) in [5.74, 6) is -0.0684. The Morgan fingerprint density at radius 1 is 0.727 bits per heavy atom. The SMILES string of the molecule is O=C1c2ccccc2-c2c1c1ccccc1c(=O)n2CCCCNS(=O)(=O)c1ccccc1. The Morgan fingerprint density at radius 2 is 1.36 bits per heavy atom. The molecule has 0 bridgehead atoms. The first-order valence-corrected chi connectivity index (χ1v) is 12.3. The quantitative estimate of drug-likeness (QED) is 0.374. The molecule has 1 heterocycles. The van der Waals surface area contributed by atoms with Gasteiger partial charge in [0.2, 0.25) is 10.0 Å². The molecule has 1 aliphatic rings. The van der Waals surface area contributed by atoms with Gasteiger partial charge in [-0.15, -0.1) is 0 Å². The highest BCUT2D eigenvalue weighted by Crippen LogP contribution is 2.39. The molecule has 6 nitrogen and oxygen atoms in total. The molecule has 7 heteroatoms. The van der Waals surface area contributed by atoms with Gasteiger partial charge in [0.15, 0.2) is 5.78 Å². The highest BCUT2D eigenvalue weighted by Gasteiger charge is 2.32. The largest absolute Gasteiger partial charge is 0.307 e. The van der Waals surface area contributed by atoms with Crippen LogP contribution in [0.15, 0.2) is 88.6 Å². The van der Waals surface area contributed by atoms with Crippen molar-refractivity contribution >= 4 is 26.6 Å².